The maximum atomic E-state index is 12.6. The van der Waals surface area contributed by atoms with Gasteiger partial charge in [0.05, 0.1) is 24.0 Å². The van der Waals surface area contributed by atoms with Crippen LogP contribution in [-0.2, 0) is 11.2 Å². The van der Waals surface area contributed by atoms with Crippen molar-refractivity contribution in [2.75, 3.05) is 5.32 Å². The number of hydrogen-bond donors (Lipinski definition) is 1. The Labute approximate surface area is 173 Å². The highest BCUT2D eigenvalue weighted by Gasteiger charge is 2.18. The van der Waals surface area contributed by atoms with E-state index in [2.05, 4.69) is 35.5 Å². The molecule has 0 aliphatic heterocycles. The van der Waals surface area contributed by atoms with Crippen LogP contribution in [0.4, 0.5) is 5.69 Å². The van der Waals surface area contributed by atoms with Gasteiger partial charge in [-0.25, -0.2) is 29.3 Å². The summed E-state index contributed by atoms with van der Waals surface area (Å²) in [4.78, 5) is 29.7. The monoisotopic (exact) mass is 403 g/mol. The molecule has 0 aromatic carbocycles. The molecule has 30 heavy (non-hydrogen) atoms. The molecule has 0 fully saturated rings. The second-order valence-corrected chi connectivity index (χ2v) is 6.98. The summed E-state index contributed by atoms with van der Waals surface area (Å²) in [6.45, 7) is 7.63. The van der Waals surface area contributed by atoms with Crippen LogP contribution < -0.4 is 5.32 Å². The van der Waals surface area contributed by atoms with E-state index in [-0.39, 0.29) is 12.3 Å². The number of pyridine rings is 1. The molecule has 0 saturated heterocycles. The number of nitrogens with one attached hydrogen (secondary N) is 1. The van der Waals surface area contributed by atoms with Crippen molar-refractivity contribution in [2.24, 2.45) is 0 Å². The lowest BCUT2D eigenvalue weighted by Crippen LogP contribution is -2.16. The summed E-state index contributed by atoms with van der Waals surface area (Å²) in [5.74, 6) is 0.969. The molecule has 0 radical (unpaired) electrons. The summed E-state index contributed by atoms with van der Waals surface area (Å²) in [5.41, 5.74) is 4.79. The fourth-order valence-corrected chi connectivity index (χ4v) is 3.22. The predicted molar refractivity (Wildman–Crippen MR) is 110 cm³/mol. The first kappa shape index (κ1) is 19.4. The van der Waals surface area contributed by atoms with Crippen LogP contribution in [0.2, 0.25) is 0 Å². The van der Waals surface area contributed by atoms with Crippen LogP contribution in [0.3, 0.4) is 0 Å². The van der Waals surface area contributed by atoms with E-state index in [9.17, 15) is 4.79 Å². The van der Waals surface area contributed by atoms with Crippen LogP contribution in [0.1, 0.15) is 28.3 Å². The van der Waals surface area contributed by atoms with Gasteiger partial charge in [-0.05, 0) is 45.9 Å². The quantitative estimate of drug-likeness (QED) is 0.542. The van der Waals surface area contributed by atoms with Gasteiger partial charge in [-0.1, -0.05) is 0 Å². The predicted octanol–water partition coefficient (Wildman–Crippen LogP) is 2.05. The highest BCUT2D eigenvalue weighted by Crippen LogP contribution is 2.18. The molecule has 0 spiro atoms. The van der Waals surface area contributed by atoms with Crippen LogP contribution in [0.5, 0.6) is 0 Å². The Balaban J connectivity index is 1.50. The van der Waals surface area contributed by atoms with Crippen molar-refractivity contribution in [3.8, 4) is 11.8 Å². The maximum absolute atomic E-state index is 12.6. The average Bonchev–Trinajstić information content (AvgIpc) is 3.32. The van der Waals surface area contributed by atoms with E-state index in [1.54, 1.807) is 34.0 Å². The minimum absolute atomic E-state index is 0.155. The molecule has 4 heterocycles. The first-order valence-electron chi connectivity index (χ1n) is 9.39. The second-order valence-electron chi connectivity index (χ2n) is 6.98. The fraction of sp³-hybridized carbons (Fsp3) is 0.250. The number of nitrogens with zero attached hydrogens (tertiary/aromatic N) is 8. The van der Waals surface area contributed by atoms with Gasteiger partial charge in [0.2, 0.25) is 5.91 Å². The number of carbonyl (C=O) groups is 1. The Bertz CT molecular complexity index is 1170. The third-order valence-corrected chi connectivity index (χ3v) is 4.62. The Morgan fingerprint density at radius 3 is 2.50 bits per heavy atom. The first-order valence-corrected chi connectivity index (χ1v) is 9.39. The van der Waals surface area contributed by atoms with E-state index < -0.39 is 0 Å². The summed E-state index contributed by atoms with van der Waals surface area (Å²) < 4.78 is 3.23. The SMILES string of the molecule is Cc1cc(C)nc(-n2nc(C)c(CC(=O)Nc3ccc(-n4cncn4)nc3)c2C)n1. The molecule has 0 aliphatic rings. The summed E-state index contributed by atoms with van der Waals surface area (Å²) in [6.07, 6.45) is 4.77. The van der Waals surface area contributed by atoms with Crippen molar-refractivity contribution in [3.05, 3.63) is 65.4 Å². The van der Waals surface area contributed by atoms with Crippen molar-refractivity contribution in [2.45, 2.75) is 34.1 Å². The Morgan fingerprint density at radius 1 is 1.10 bits per heavy atom. The van der Waals surface area contributed by atoms with Gasteiger partial charge in [0.1, 0.15) is 12.7 Å². The molecular weight excluding hydrogens is 382 g/mol. The Hall–Kier alpha value is -3.95. The van der Waals surface area contributed by atoms with E-state index in [1.807, 2.05) is 33.8 Å². The Morgan fingerprint density at radius 2 is 1.87 bits per heavy atom. The summed E-state index contributed by atoms with van der Waals surface area (Å²) in [7, 11) is 0. The van der Waals surface area contributed by atoms with Gasteiger partial charge >= 0.3 is 0 Å². The van der Waals surface area contributed by atoms with E-state index in [1.165, 1.54) is 6.33 Å². The molecule has 152 valence electrons. The molecule has 1 N–H and O–H groups in total. The summed E-state index contributed by atoms with van der Waals surface area (Å²) >= 11 is 0. The number of rotatable bonds is 5. The first-order chi connectivity index (χ1) is 14.4. The van der Waals surface area contributed by atoms with Crippen molar-refractivity contribution in [1.82, 2.24) is 39.5 Å². The van der Waals surface area contributed by atoms with Crippen LogP contribution in [0.25, 0.3) is 11.8 Å². The zero-order chi connectivity index (χ0) is 21.3. The van der Waals surface area contributed by atoms with Gasteiger partial charge in [0.25, 0.3) is 5.95 Å². The Kier molecular flexibility index (Phi) is 5.05. The molecule has 4 aromatic rings. The van der Waals surface area contributed by atoms with Crippen molar-refractivity contribution >= 4 is 11.6 Å². The molecule has 0 aliphatic carbocycles. The molecule has 4 aromatic heterocycles. The normalized spacial score (nSPS) is 10.9. The summed E-state index contributed by atoms with van der Waals surface area (Å²) in [5, 5.41) is 11.4. The van der Waals surface area contributed by atoms with Crippen molar-refractivity contribution < 1.29 is 4.79 Å². The topological polar surface area (TPSA) is 116 Å². The molecule has 10 heteroatoms. The molecular formula is C20H21N9O. The third kappa shape index (κ3) is 3.93. The van der Waals surface area contributed by atoms with Gasteiger partial charge in [-0.15, -0.1) is 0 Å². The lowest BCUT2D eigenvalue weighted by atomic mass is 10.1. The number of anilines is 1. The lowest BCUT2D eigenvalue weighted by Gasteiger charge is -2.07. The van der Waals surface area contributed by atoms with E-state index in [4.69, 9.17) is 0 Å². The number of aromatic nitrogens is 8. The van der Waals surface area contributed by atoms with Crippen LogP contribution in [0.15, 0.2) is 37.1 Å². The second kappa shape index (κ2) is 7.82. The van der Waals surface area contributed by atoms with Gasteiger partial charge in [0.15, 0.2) is 5.82 Å². The largest absolute Gasteiger partial charge is 0.324 e. The molecule has 0 unspecified atom stereocenters. The number of aryl methyl sites for hydroxylation is 3. The summed E-state index contributed by atoms with van der Waals surface area (Å²) in [6, 6.07) is 5.44. The van der Waals surface area contributed by atoms with Crippen LogP contribution in [-0.4, -0.2) is 45.4 Å². The lowest BCUT2D eigenvalue weighted by molar-refractivity contribution is -0.115. The van der Waals surface area contributed by atoms with Gasteiger partial charge in [-0.3, -0.25) is 4.79 Å². The van der Waals surface area contributed by atoms with Gasteiger partial charge in [-0.2, -0.15) is 10.2 Å². The smallest absolute Gasteiger partial charge is 0.251 e. The average molecular weight is 403 g/mol. The van der Waals surface area contributed by atoms with Crippen LogP contribution >= 0.6 is 0 Å². The molecule has 0 atom stereocenters. The zero-order valence-corrected chi connectivity index (χ0v) is 17.2. The number of carbonyl (C=O) groups excluding carboxylic acids is 1. The highest BCUT2D eigenvalue weighted by atomic mass is 16.1. The van der Waals surface area contributed by atoms with Crippen LogP contribution in [0, 0.1) is 27.7 Å². The molecule has 1 amide bonds. The van der Waals surface area contributed by atoms with Gasteiger partial charge in [0, 0.05) is 22.6 Å². The molecule has 0 bridgehead atoms. The molecule has 4 rings (SSSR count). The number of amides is 1. The standard InChI is InChI=1S/C20H21N9O/c1-12-7-13(2)25-20(24-12)29-15(4)17(14(3)27-29)8-19(30)26-16-5-6-18(22-9-16)28-11-21-10-23-28/h5-7,9-11H,8H2,1-4H3,(H,26,30). The third-order valence-electron chi connectivity index (χ3n) is 4.62. The van der Waals surface area contributed by atoms with E-state index >= 15 is 0 Å². The van der Waals surface area contributed by atoms with Crippen molar-refractivity contribution in [3.63, 3.8) is 0 Å². The van der Waals surface area contributed by atoms with E-state index in [0.29, 0.717) is 17.5 Å². The minimum atomic E-state index is -0.155. The molecule has 0 saturated carbocycles. The highest BCUT2D eigenvalue weighted by molar-refractivity contribution is 5.92. The maximum Gasteiger partial charge on any atom is 0.251 e. The fourth-order valence-electron chi connectivity index (χ4n) is 3.22. The van der Waals surface area contributed by atoms with E-state index in [0.717, 1.165) is 28.3 Å². The number of hydrogen-bond acceptors (Lipinski definition) is 7. The minimum Gasteiger partial charge on any atom is -0.324 e. The molecule has 10 nitrogen and oxygen atoms in total. The zero-order valence-electron chi connectivity index (χ0n) is 17.2. The van der Waals surface area contributed by atoms with Crippen molar-refractivity contribution in [1.29, 1.82) is 0 Å². The van der Waals surface area contributed by atoms with Gasteiger partial charge < -0.3 is 5.32 Å².